The molecule has 0 fully saturated rings. The predicted molar refractivity (Wildman–Crippen MR) is 73.0 cm³/mol. The molecule has 0 spiro atoms. The molecule has 1 N–H and O–H groups in total. The van der Waals surface area contributed by atoms with Crippen molar-refractivity contribution in [2.45, 2.75) is 31.7 Å². The molecular weight excluding hydrogens is 280 g/mol. The summed E-state index contributed by atoms with van der Waals surface area (Å²) in [6, 6.07) is 4.88. The molecule has 1 amide bonds. The molecule has 0 saturated carbocycles. The topological polar surface area (TPSA) is 29.1 Å². The minimum absolute atomic E-state index is 0.289. The highest BCUT2D eigenvalue weighted by atomic mass is 35.5. The van der Waals surface area contributed by atoms with Crippen molar-refractivity contribution in [3.8, 4) is 0 Å². The summed E-state index contributed by atoms with van der Waals surface area (Å²) in [5.74, 6) is -0.289. The smallest absolute Gasteiger partial charge is 0.243 e. The number of hydrogen-bond donors (Lipinski definition) is 1. The van der Waals surface area contributed by atoms with Gasteiger partial charge in [-0.05, 0) is 44.5 Å². The molecule has 94 valence electrons. The van der Waals surface area contributed by atoms with Crippen molar-refractivity contribution in [1.82, 2.24) is 5.32 Å². The zero-order valence-electron chi connectivity index (χ0n) is 9.85. The number of alkyl halides is 1. The lowest BCUT2D eigenvalue weighted by molar-refractivity contribution is -0.122. The summed E-state index contributed by atoms with van der Waals surface area (Å²) in [7, 11) is 0. The SMILES string of the molecule is CC(C)(C)NC(=O)C(Cl)c1cc(Cl)ccc1Cl. The minimum Gasteiger partial charge on any atom is -0.350 e. The number of amides is 1. The van der Waals surface area contributed by atoms with Crippen LogP contribution in [0.2, 0.25) is 10.0 Å². The number of hydrogen-bond acceptors (Lipinski definition) is 1. The predicted octanol–water partition coefficient (Wildman–Crippen LogP) is 4.19. The van der Waals surface area contributed by atoms with Crippen LogP contribution < -0.4 is 5.32 Å². The quantitative estimate of drug-likeness (QED) is 0.814. The van der Waals surface area contributed by atoms with Gasteiger partial charge < -0.3 is 5.32 Å². The van der Waals surface area contributed by atoms with Crippen LogP contribution in [0.25, 0.3) is 0 Å². The van der Waals surface area contributed by atoms with Crippen LogP contribution in [0.15, 0.2) is 18.2 Å². The molecule has 1 aromatic carbocycles. The molecule has 0 aromatic heterocycles. The number of carbonyl (C=O) groups is 1. The van der Waals surface area contributed by atoms with Gasteiger partial charge in [0.1, 0.15) is 5.38 Å². The lowest BCUT2D eigenvalue weighted by Gasteiger charge is -2.23. The Bertz CT molecular complexity index is 426. The lowest BCUT2D eigenvalue weighted by Crippen LogP contribution is -2.42. The molecule has 0 aliphatic rings. The summed E-state index contributed by atoms with van der Waals surface area (Å²) in [6.07, 6.45) is 0. The molecule has 17 heavy (non-hydrogen) atoms. The van der Waals surface area contributed by atoms with E-state index in [1.807, 2.05) is 20.8 Å². The largest absolute Gasteiger partial charge is 0.350 e. The minimum atomic E-state index is -0.847. The van der Waals surface area contributed by atoms with Gasteiger partial charge in [-0.3, -0.25) is 4.79 Å². The van der Waals surface area contributed by atoms with Crippen molar-refractivity contribution in [3.63, 3.8) is 0 Å². The summed E-state index contributed by atoms with van der Waals surface area (Å²) in [4.78, 5) is 11.9. The maximum atomic E-state index is 11.9. The number of carbonyl (C=O) groups excluding carboxylic acids is 1. The van der Waals surface area contributed by atoms with Crippen LogP contribution in [0, 0.1) is 0 Å². The van der Waals surface area contributed by atoms with Crippen LogP contribution in [-0.2, 0) is 4.79 Å². The maximum Gasteiger partial charge on any atom is 0.243 e. The highest BCUT2D eigenvalue weighted by Gasteiger charge is 2.24. The summed E-state index contributed by atoms with van der Waals surface area (Å²) in [5.41, 5.74) is 0.178. The summed E-state index contributed by atoms with van der Waals surface area (Å²) in [5, 5.41) is 2.87. The van der Waals surface area contributed by atoms with Gasteiger partial charge in [0.25, 0.3) is 0 Å². The Morgan fingerprint density at radius 2 is 1.88 bits per heavy atom. The van der Waals surface area contributed by atoms with Crippen molar-refractivity contribution < 1.29 is 4.79 Å². The van der Waals surface area contributed by atoms with Crippen LogP contribution in [0.1, 0.15) is 31.7 Å². The monoisotopic (exact) mass is 293 g/mol. The molecule has 0 bridgehead atoms. The standard InChI is InChI=1S/C12H14Cl3NO/c1-12(2,3)16-11(17)10(15)8-6-7(13)4-5-9(8)14/h4-6,10H,1-3H3,(H,16,17). The summed E-state index contributed by atoms with van der Waals surface area (Å²) >= 11 is 17.9. The molecular formula is C12H14Cl3NO. The fraction of sp³-hybridized carbons (Fsp3) is 0.417. The summed E-state index contributed by atoms with van der Waals surface area (Å²) in [6.45, 7) is 5.65. The second-order valence-corrected chi connectivity index (χ2v) is 6.05. The van der Waals surface area contributed by atoms with E-state index in [-0.39, 0.29) is 11.4 Å². The molecule has 0 saturated heterocycles. The average Bonchev–Trinajstić information content (AvgIpc) is 2.18. The first-order valence-electron chi connectivity index (χ1n) is 5.12. The van der Waals surface area contributed by atoms with E-state index in [2.05, 4.69) is 5.32 Å². The molecule has 0 radical (unpaired) electrons. The molecule has 0 aliphatic heterocycles. The van der Waals surface area contributed by atoms with Gasteiger partial charge in [-0.25, -0.2) is 0 Å². The van der Waals surface area contributed by atoms with Crippen LogP contribution in [0.3, 0.4) is 0 Å². The molecule has 5 heteroatoms. The average molecular weight is 295 g/mol. The van der Waals surface area contributed by atoms with Gasteiger partial charge in [0, 0.05) is 15.6 Å². The van der Waals surface area contributed by atoms with Gasteiger partial charge >= 0.3 is 0 Å². The first-order valence-corrected chi connectivity index (χ1v) is 6.31. The third-order valence-corrected chi connectivity index (χ3v) is 2.97. The Balaban J connectivity index is 2.92. The van der Waals surface area contributed by atoms with Gasteiger partial charge in [-0.1, -0.05) is 23.2 Å². The highest BCUT2D eigenvalue weighted by molar-refractivity contribution is 6.37. The Kier molecular flexibility index (Phi) is 4.70. The first kappa shape index (κ1) is 14.6. The third-order valence-electron chi connectivity index (χ3n) is 1.96. The normalized spacial score (nSPS) is 13.3. The van der Waals surface area contributed by atoms with Crippen LogP contribution in [0.4, 0.5) is 0 Å². The van der Waals surface area contributed by atoms with Gasteiger partial charge in [0.15, 0.2) is 0 Å². The Labute approximate surface area is 116 Å². The van der Waals surface area contributed by atoms with E-state index in [1.54, 1.807) is 18.2 Å². The molecule has 1 aromatic rings. The molecule has 1 atom stereocenters. The summed E-state index contributed by atoms with van der Waals surface area (Å²) < 4.78 is 0. The van der Waals surface area contributed by atoms with E-state index in [1.165, 1.54) is 0 Å². The van der Waals surface area contributed by atoms with E-state index in [9.17, 15) is 4.79 Å². The Hall–Kier alpha value is -0.440. The van der Waals surface area contributed by atoms with Crippen LogP contribution in [-0.4, -0.2) is 11.4 Å². The van der Waals surface area contributed by atoms with Crippen LogP contribution in [0.5, 0.6) is 0 Å². The van der Waals surface area contributed by atoms with E-state index in [4.69, 9.17) is 34.8 Å². The van der Waals surface area contributed by atoms with E-state index in [0.717, 1.165) is 0 Å². The van der Waals surface area contributed by atoms with Crippen LogP contribution >= 0.6 is 34.8 Å². The van der Waals surface area contributed by atoms with Gasteiger partial charge in [-0.2, -0.15) is 0 Å². The zero-order chi connectivity index (χ0) is 13.2. The Morgan fingerprint density at radius 1 is 1.29 bits per heavy atom. The Morgan fingerprint density at radius 3 is 2.41 bits per heavy atom. The van der Waals surface area contributed by atoms with Crippen molar-refractivity contribution in [2.24, 2.45) is 0 Å². The van der Waals surface area contributed by atoms with E-state index >= 15 is 0 Å². The van der Waals surface area contributed by atoms with Gasteiger partial charge in [0.2, 0.25) is 5.91 Å². The lowest BCUT2D eigenvalue weighted by atomic mass is 10.1. The van der Waals surface area contributed by atoms with Gasteiger partial charge in [-0.15, -0.1) is 11.6 Å². The number of nitrogens with one attached hydrogen (secondary N) is 1. The molecule has 1 unspecified atom stereocenters. The number of halogens is 3. The van der Waals surface area contributed by atoms with Crippen molar-refractivity contribution in [3.05, 3.63) is 33.8 Å². The highest BCUT2D eigenvalue weighted by Crippen LogP contribution is 2.30. The van der Waals surface area contributed by atoms with E-state index < -0.39 is 5.38 Å². The second-order valence-electron chi connectivity index (χ2n) is 4.77. The van der Waals surface area contributed by atoms with Gasteiger partial charge in [0.05, 0.1) is 0 Å². The molecule has 0 aliphatic carbocycles. The maximum absolute atomic E-state index is 11.9. The third kappa shape index (κ3) is 4.38. The number of rotatable bonds is 2. The fourth-order valence-corrected chi connectivity index (χ4v) is 1.98. The fourth-order valence-electron chi connectivity index (χ4n) is 1.28. The van der Waals surface area contributed by atoms with Crippen molar-refractivity contribution in [1.29, 1.82) is 0 Å². The van der Waals surface area contributed by atoms with Crippen molar-refractivity contribution >= 4 is 40.7 Å². The zero-order valence-corrected chi connectivity index (χ0v) is 12.1. The molecule has 2 nitrogen and oxygen atoms in total. The van der Waals surface area contributed by atoms with Crippen molar-refractivity contribution in [2.75, 3.05) is 0 Å². The molecule has 1 rings (SSSR count). The second kappa shape index (κ2) is 5.47. The number of benzene rings is 1. The first-order chi connectivity index (χ1) is 7.70. The molecule has 0 heterocycles. The van der Waals surface area contributed by atoms with E-state index in [0.29, 0.717) is 15.6 Å².